The van der Waals surface area contributed by atoms with Gasteiger partial charge in [-0.05, 0) is 0 Å². The lowest BCUT2D eigenvalue weighted by Gasteiger charge is -1.98. The lowest BCUT2D eigenvalue weighted by atomic mass is 10.7. The molecule has 0 bridgehead atoms. The van der Waals surface area contributed by atoms with Crippen LogP contribution in [0.1, 0.15) is 0 Å². The zero-order chi connectivity index (χ0) is 14.1. The Bertz CT molecular complexity index is 181. The van der Waals surface area contributed by atoms with Crippen molar-refractivity contribution in [1.82, 2.24) is 5.32 Å². The van der Waals surface area contributed by atoms with E-state index in [-0.39, 0.29) is 0 Å². The molecule has 8 nitrogen and oxygen atoms in total. The minimum absolute atomic E-state index is 0.435. The summed E-state index contributed by atoms with van der Waals surface area (Å²) < 4.78 is 8.12. The van der Waals surface area contributed by atoms with E-state index in [1.54, 1.807) is 0 Å². The summed E-state index contributed by atoms with van der Waals surface area (Å²) in [7, 11) is 2.53. The van der Waals surface area contributed by atoms with E-state index in [2.05, 4.69) is 26.4 Å². The van der Waals surface area contributed by atoms with Crippen molar-refractivity contribution in [2.45, 2.75) is 0 Å². The Balaban J connectivity index is -0.000000188. The maximum atomic E-state index is 10.2. The second-order valence-corrected chi connectivity index (χ2v) is 2.53. The Morgan fingerprint density at radius 3 is 1.65 bits per heavy atom. The minimum atomic E-state index is -0.773. The number of rotatable bonds is 3. The van der Waals surface area contributed by atoms with Gasteiger partial charge in [0.1, 0.15) is 0 Å². The van der Waals surface area contributed by atoms with E-state index < -0.39 is 11.5 Å². The number of methoxy groups -OCH3 is 2. The van der Waals surface area contributed by atoms with Gasteiger partial charge in [-0.2, -0.15) is 0 Å². The van der Waals surface area contributed by atoms with Crippen LogP contribution in [0, 0.1) is 0 Å². The van der Waals surface area contributed by atoms with E-state index in [0.717, 1.165) is 0 Å². The number of amides is 1. The Kier molecular flexibility index (Phi) is 25.4. The molecule has 0 fully saturated rings. The molecule has 17 heavy (non-hydrogen) atoms. The molecule has 0 radical (unpaired) electrons. The molecule has 0 saturated carbocycles. The third-order valence-corrected chi connectivity index (χ3v) is 1.08. The second-order valence-electron chi connectivity index (χ2n) is 2.23. The predicted molar refractivity (Wildman–Crippen MR) is 65.8 cm³/mol. The van der Waals surface area contributed by atoms with E-state index >= 15 is 0 Å². The molecule has 7 N–H and O–H groups in total. The van der Waals surface area contributed by atoms with Crippen LogP contribution in [0.25, 0.3) is 0 Å². The summed E-state index contributed by atoms with van der Waals surface area (Å²) in [4.78, 5) is 19.5. The van der Waals surface area contributed by atoms with Crippen LogP contribution in [0.15, 0.2) is 0 Å². The van der Waals surface area contributed by atoms with Gasteiger partial charge in [-0.15, -0.1) is 0 Å². The standard InChI is InChI=1S/C4H10N2O2.C2H3ClO2.C2H8N2/c1-8-4(7)6-3-2-5;1-5-2(3)4;3-1-2-4/h2-3,5H2,1H3,(H,6,7);1H3;1-4H2. The number of hydrogen-bond acceptors (Lipinski definition) is 7. The number of halogens is 1. The number of nitrogens with one attached hydrogen (secondary N) is 1. The first-order chi connectivity index (χ1) is 7.99. The molecule has 0 rings (SSSR count). The van der Waals surface area contributed by atoms with Crippen LogP contribution in [0.3, 0.4) is 0 Å². The van der Waals surface area contributed by atoms with Gasteiger partial charge in [0.15, 0.2) is 0 Å². The molecule has 0 aliphatic rings. The molecule has 0 heterocycles. The fourth-order valence-electron chi connectivity index (χ4n) is 0.246. The molecular weight excluding hydrogens is 252 g/mol. The number of carbonyl (C=O) groups excluding carboxylic acids is 2. The van der Waals surface area contributed by atoms with E-state index in [9.17, 15) is 9.59 Å². The molecule has 0 aliphatic heterocycles. The van der Waals surface area contributed by atoms with Crippen molar-refractivity contribution in [1.29, 1.82) is 0 Å². The van der Waals surface area contributed by atoms with Gasteiger partial charge in [0.05, 0.1) is 14.2 Å². The predicted octanol–water partition coefficient (Wildman–Crippen LogP) is -0.803. The fourth-order valence-corrected chi connectivity index (χ4v) is 0.246. The molecule has 0 aliphatic carbocycles. The average Bonchev–Trinajstić information content (AvgIpc) is 2.36. The smallest absolute Gasteiger partial charge is 0.406 e. The molecule has 9 heteroatoms. The molecule has 104 valence electrons. The highest BCUT2D eigenvalue weighted by Gasteiger charge is 1.91. The Labute approximate surface area is 106 Å². The number of alkyl carbamates (subject to hydrolysis) is 1. The van der Waals surface area contributed by atoms with Crippen molar-refractivity contribution in [3.63, 3.8) is 0 Å². The lowest BCUT2D eigenvalue weighted by molar-refractivity contribution is 0.171. The molecule has 0 aromatic heterocycles. The third kappa shape index (κ3) is 39.7. The van der Waals surface area contributed by atoms with Gasteiger partial charge in [0, 0.05) is 37.8 Å². The zero-order valence-electron chi connectivity index (χ0n) is 10.1. The number of ether oxygens (including phenoxy) is 2. The fraction of sp³-hybridized carbons (Fsp3) is 0.750. The van der Waals surface area contributed by atoms with Crippen molar-refractivity contribution < 1.29 is 19.1 Å². The molecule has 0 spiro atoms. The van der Waals surface area contributed by atoms with Gasteiger partial charge in [0.2, 0.25) is 0 Å². The van der Waals surface area contributed by atoms with Crippen LogP contribution in [-0.2, 0) is 9.47 Å². The lowest BCUT2D eigenvalue weighted by Crippen LogP contribution is -2.28. The van der Waals surface area contributed by atoms with Crippen molar-refractivity contribution in [3.8, 4) is 0 Å². The van der Waals surface area contributed by atoms with Crippen molar-refractivity contribution in [3.05, 3.63) is 0 Å². The van der Waals surface area contributed by atoms with Crippen molar-refractivity contribution in [2.24, 2.45) is 17.2 Å². The maximum Gasteiger partial charge on any atom is 0.406 e. The van der Waals surface area contributed by atoms with Gasteiger partial charge in [-0.1, -0.05) is 0 Å². The molecular formula is C8H21ClN4O4. The maximum absolute atomic E-state index is 10.2. The van der Waals surface area contributed by atoms with Crippen LogP contribution in [-0.4, -0.2) is 51.9 Å². The normalized spacial score (nSPS) is 7.65. The summed E-state index contributed by atoms with van der Waals surface area (Å²) in [6, 6.07) is 0. The summed E-state index contributed by atoms with van der Waals surface area (Å²) in [5, 5.41) is 2.40. The number of nitrogens with two attached hydrogens (primary N) is 3. The van der Waals surface area contributed by atoms with Gasteiger partial charge in [-0.3, -0.25) is 0 Å². The summed E-state index contributed by atoms with van der Waals surface area (Å²) in [5.74, 6) is 0. The average molecular weight is 273 g/mol. The summed E-state index contributed by atoms with van der Waals surface area (Å²) >= 11 is 4.60. The van der Waals surface area contributed by atoms with E-state index in [0.29, 0.717) is 26.2 Å². The monoisotopic (exact) mass is 272 g/mol. The second kappa shape index (κ2) is 20.3. The highest BCUT2D eigenvalue weighted by Crippen LogP contribution is 1.78. The molecule has 0 saturated heterocycles. The summed E-state index contributed by atoms with van der Waals surface area (Å²) in [6.07, 6.45) is -0.435. The third-order valence-electron chi connectivity index (χ3n) is 0.926. The first kappa shape index (κ1) is 21.2. The molecule has 1 amide bonds. The highest BCUT2D eigenvalue weighted by molar-refractivity contribution is 6.61. The Morgan fingerprint density at radius 1 is 1.06 bits per heavy atom. The van der Waals surface area contributed by atoms with Crippen LogP contribution in [0.2, 0.25) is 0 Å². The van der Waals surface area contributed by atoms with Crippen LogP contribution in [0.5, 0.6) is 0 Å². The number of carbonyl (C=O) groups is 2. The van der Waals surface area contributed by atoms with Gasteiger partial charge in [0.25, 0.3) is 0 Å². The summed E-state index contributed by atoms with van der Waals surface area (Å²) in [5.41, 5.74) is 14.1. The molecule has 0 atom stereocenters. The van der Waals surface area contributed by atoms with Crippen LogP contribution < -0.4 is 22.5 Å². The highest BCUT2D eigenvalue weighted by atomic mass is 35.5. The van der Waals surface area contributed by atoms with Gasteiger partial charge < -0.3 is 32.0 Å². The topological polar surface area (TPSA) is 143 Å². The largest absolute Gasteiger partial charge is 0.457 e. The first-order valence-electron chi connectivity index (χ1n) is 4.65. The zero-order valence-corrected chi connectivity index (χ0v) is 10.8. The minimum Gasteiger partial charge on any atom is -0.457 e. The van der Waals surface area contributed by atoms with Crippen LogP contribution >= 0.6 is 11.6 Å². The van der Waals surface area contributed by atoms with Crippen LogP contribution in [0.4, 0.5) is 9.59 Å². The summed E-state index contributed by atoms with van der Waals surface area (Å²) in [6.45, 7) is 2.10. The molecule has 0 aromatic rings. The number of hydrogen-bond donors (Lipinski definition) is 4. The van der Waals surface area contributed by atoms with Crippen molar-refractivity contribution >= 4 is 23.1 Å². The van der Waals surface area contributed by atoms with Gasteiger partial charge >= 0.3 is 11.5 Å². The molecule has 0 aromatic carbocycles. The Morgan fingerprint density at radius 2 is 1.47 bits per heavy atom. The van der Waals surface area contributed by atoms with E-state index in [4.69, 9.17) is 17.2 Å². The van der Waals surface area contributed by atoms with Gasteiger partial charge in [-0.25, -0.2) is 9.59 Å². The first-order valence-corrected chi connectivity index (χ1v) is 5.03. The van der Waals surface area contributed by atoms with Crippen molar-refractivity contribution in [2.75, 3.05) is 40.4 Å². The van der Waals surface area contributed by atoms with E-state index in [1.807, 2.05) is 0 Å². The SMILES string of the molecule is COC(=O)Cl.COC(=O)NCCN.NCCN. The quantitative estimate of drug-likeness (QED) is 0.492. The Hall–Kier alpha value is -1.09. The molecule has 0 unspecified atom stereocenters. The van der Waals surface area contributed by atoms with E-state index in [1.165, 1.54) is 14.2 Å².